The van der Waals surface area contributed by atoms with Crippen molar-refractivity contribution in [3.05, 3.63) is 109 Å². The molecule has 2 heterocycles. The molecule has 34 heavy (non-hydrogen) atoms. The minimum atomic E-state index is -4.38. The molecule has 0 aliphatic rings. The van der Waals surface area contributed by atoms with Gasteiger partial charge in [0.2, 0.25) is 11.4 Å². The van der Waals surface area contributed by atoms with Crippen molar-refractivity contribution in [1.82, 2.24) is 0 Å². The average molecular weight is 517 g/mol. The van der Waals surface area contributed by atoms with Crippen LogP contribution in [0.25, 0.3) is 22.5 Å². The molecule has 0 spiro atoms. The zero-order chi connectivity index (χ0) is 22.9. The molecule has 0 bridgehead atoms. The Morgan fingerprint density at radius 2 is 0.676 bits per heavy atom. The van der Waals surface area contributed by atoms with Crippen LogP contribution >= 0.6 is 0 Å². The maximum absolute atomic E-state index is 12.7. The van der Waals surface area contributed by atoms with E-state index in [0.29, 0.717) is 11.4 Å². The van der Waals surface area contributed by atoms with Crippen LogP contribution in [0.1, 0.15) is 11.1 Å². The summed E-state index contributed by atoms with van der Waals surface area (Å²) >= 11 is 0. The molecule has 0 unspecified atom stereocenters. The summed E-state index contributed by atoms with van der Waals surface area (Å²) in [6, 6.07) is 17.1. The standard InChI is InChI=1S/C24H16F6N2.2ClH/c25-23(26,27)19-1-5-21(6-2-19)31-13-9-17(10-14-31)18-11-15-32(16-12-18)22-7-3-20(4-8-22)24(28,29)30;;/h1-16H;2*1H/q+2;;/p-2. The molecule has 2 aromatic carbocycles. The van der Waals surface area contributed by atoms with Crippen molar-refractivity contribution in [2.24, 2.45) is 0 Å². The third-order valence-corrected chi connectivity index (χ3v) is 4.98. The van der Waals surface area contributed by atoms with Crippen LogP contribution in [0, 0.1) is 0 Å². The van der Waals surface area contributed by atoms with Gasteiger partial charge in [0.1, 0.15) is 0 Å². The van der Waals surface area contributed by atoms with E-state index in [1.54, 1.807) is 33.9 Å². The predicted octanol–water partition coefficient (Wildman–Crippen LogP) is -0.0474. The molecule has 0 aliphatic heterocycles. The molecular formula is C24H16Cl2F6N2. The van der Waals surface area contributed by atoms with Gasteiger partial charge in [-0.25, -0.2) is 0 Å². The van der Waals surface area contributed by atoms with Crippen molar-refractivity contribution in [1.29, 1.82) is 0 Å². The summed E-state index contributed by atoms with van der Waals surface area (Å²) in [5, 5.41) is 0. The van der Waals surface area contributed by atoms with E-state index in [4.69, 9.17) is 0 Å². The first kappa shape index (κ1) is 27.1. The van der Waals surface area contributed by atoms with E-state index in [0.717, 1.165) is 35.4 Å². The second-order valence-corrected chi connectivity index (χ2v) is 7.08. The van der Waals surface area contributed by atoms with E-state index in [9.17, 15) is 26.3 Å². The highest BCUT2D eigenvalue weighted by Crippen LogP contribution is 2.30. The highest BCUT2D eigenvalue weighted by Gasteiger charge is 2.31. The molecule has 0 amide bonds. The van der Waals surface area contributed by atoms with Crippen LogP contribution in [0.3, 0.4) is 0 Å². The minimum absolute atomic E-state index is 0. The third-order valence-electron chi connectivity index (χ3n) is 4.98. The largest absolute Gasteiger partial charge is 1.00 e. The fraction of sp³-hybridized carbons (Fsp3) is 0.0833. The molecular weight excluding hydrogens is 501 g/mol. The molecule has 178 valence electrons. The van der Waals surface area contributed by atoms with Crippen LogP contribution in [-0.4, -0.2) is 0 Å². The summed E-state index contributed by atoms with van der Waals surface area (Å²) in [5.74, 6) is 0. The van der Waals surface area contributed by atoms with Gasteiger partial charge in [-0.05, 0) is 35.4 Å². The molecule has 0 saturated carbocycles. The molecule has 10 heteroatoms. The normalized spacial score (nSPS) is 11.4. The highest BCUT2D eigenvalue weighted by atomic mass is 35.5. The van der Waals surface area contributed by atoms with E-state index >= 15 is 0 Å². The fourth-order valence-corrected chi connectivity index (χ4v) is 3.23. The number of halogens is 8. The quantitative estimate of drug-likeness (QED) is 0.266. The maximum atomic E-state index is 12.7. The Morgan fingerprint density at radius 1 is 0.412 bits per heavy atom. The smallest absolute Gasteiger partial charge is 0.416 e. The van der Waals surface area contributed by atoms with Gasteiger partial charge < -0.3 is 24.8 Å². The number of hydrogen-bond donors (Lipinski definition) is 0. The molecule has 0 saturated heterocycles. The van der Waals surface area contributed by atoms with E-state index in [1.165, 1.54) is 24.3 Å². The number of benzene rings is 2. The van der Waals surface area contributed by atoms with Crippen molar-refractivity contribution in [2.45, 2.75) is 12.4 Å². The topological polar surface area (TPSA) is 7.76 Å². The molecule has 2 nitrogen and oxygen atoms in total. The van der Waals surface area contributed by atoms with Gasteiger partial charge in [-0.15, -0.1) is 0 Å². The summed E-state index contributed by atoms with van der Waals surface area (Å²) in [6.45, 7) is 0. The number of nitrogens with zero attached hydrogens (tertiary/aromatic N) is 2. The van der Waals surface area contributed by atoms with E-state index in [1.807, 2.05) is 24.3 Å². The first-order valence-electron chi connectivity index (χ1n) is 9.49. The van der Waals surface area contributed by atoms with E-state index < -0.39 is 23.5 Å². The van der Waals surface area contributed by atoms with Gasteiger partial charge >= 0.3 is 12.4 Å². The minimum Gasteiger partial charge on any atom is -1.00 e. The van der Waals surface area contributed by atoms with Crippen LogP contribution in [0.5, 0.6) is 0 Å². The van der Waals surface area contributed by atoms with E-state index in [-0.39, 0.29) is 24.8 Å². The molecule has 0 aliphatic carbocycles. The second kappa shape index (κ2) is 10.4. The van der Waals surface area contributed by atoms with Crippen molar-refractivity contribution >= 4 is 0 Å². The Hall–Kier alpha value is -3.10. The van der Waals surface area contributed by atoms with Crippen LogP contribution < -0.4 is 33.9 Å². The summed E-state index contributed by atoms with van der Waals surface area (Å²) in [7, 11) is 0. The summed E-state index contributed by atoms with van der Waals surface area (Å²) in [6.07, 6.45) is -1.78. The van der Waals surface area contributed by atoms with Gasteiger partial charge in [-0.3, -0.25) is 0 Å². The number of hydrogen-bond acceptors (Lipinski definition) is 0. The maximum Gasteiger partial charge on any atom is 0.416 e. The molecule has 2 aromatic heterocycles. The zero-order valence-corrected chi connectivity index (χ0v) is 18.7. The van der Waals surface area contributed by atoms with Crippen LogP contribution in [0.2, 0.25) is 0 Å². The fourth-order valence-electron chi connectivity index (χ4n) is 3.23. The number of alkyl halides is 6. The summed E-state index contributed by atoms with van der Waals surface area (Å²) < 4.78 is 79.7. The molecule has 0 atom stereocenters. The number of aromatic nitrogens is 2. The van der Waals surface area contributed by atoms with E-state index in [2.05, 4.69) is 0 Å². The third kappa shape index (κ3) is 6.07. The monoisotopic (exact) mass is 516 g/mol. The second-order valence-electron chi connectivity index (χ2n) is 7.08. The Bertz CT molecular complexity index is 1100. The van der Waals surface area contributed by atoms with Gasteiger partial charge in [-0.1, -0.05) is 0 Å². The Morgan fingerprint density at radius 3 is 0.912 bits per heavy atom. The van der Waals surface area contributed by atoms with Gasteiger partial charge in [0.15, 0.2) is 24.8 Å². The van der Waals surface area contributed by atoms with Crippen molar-refractivity contribution < 1.29 is 60.3 Å². The Balaban J connectivity index is 0.00000204. The molecule has 0 radical (unpaired) electrons. The highest BCUT2D eigenvalue weighted by molar-refractivity contribution is 5.61. The van der Waals surface area contributed by atoms with Crippen LogP contribution in [0.4, 0.5) is 26.3 Å². The number of rotatable bonds is 3. The van der Waals surface area contributed by atoms with Gasteiger partial charge in [0.05, 0.1) is 11.1 Å². The first-order chi connectivity index (χ1) is 15.1. The Kier molecular flexibility index (Phi) is 8.34. The predicted molar refractivity (Wildman–Crippen MR) is 105 cm³/mol. The summed E-state index contributed by atoms with van der Waals surface area (Å²) in [4.78, 5) is 0. The summed E-state index contributed by atoms with van der Waals surface area (Å²) in [5.41, 5.74) is 1.55. The molecule has 4 rings (SSSR count). The molecule has 0 N–H and O–H groups in total. The lowest BCUT2D eigenvalue weighted by molar-refractivity contribution is -0.596. The Labute approximate surface area is 203 Å². The van der Waals surface area contributed by atoms with Crippen LogP contribution in [-0.2, 0) is 12.4 Å². The number of pyridine rings is 2. The zero-order valence-electron chi connectivity index (χ0n) is 17.2. The van der Waals surface area contributed by atoms with Gasteiger partial charge in [-0.2, -0.15) is 35.5 Å². The van der Waals surface area contributed by atoms with Gasteiger partial charge in [0.25, 0.3) is 0 Å². The van der Waals surface area contributed by atoms with Crippen molar-refractivity contribution in [2.75, 3.05) is 0 Å². The van der Waals surface area contributed by atoms with Crippen LogP contribution in [0.15, 0.2) is 97.6 Å². The van der Waals surface area contributed by atoms with Crippen molar-refractivity contribution in [3.63, 3.8) is 0 Å². The SMILES string of the molecule is FC(F)(F)c1ccc(-[n+]2ccc(-c3cc[n+](-c4ccc(C(F)(F)F)cc4)cc3)cc2)cc1.[Cl-].[Cl-]. The molecule has 4 aromatic rings. The van der Waals surface area contributed by atoms with Gasteiger partial charge in [0, 0.05) is 48.5 Å². The lowest BCUT2D eigenvalue weighted by atomic mass is 10.1. The lowest BCUT2D eigenvalue weighted by Crippen LogP contribution is -3.00. The average Bonchev–Trinajstić information content (AvgIpc) is 2.78. The van der Waals surface area contributed by atoms with Crippen molar-refractivity contribution in [3.8, 4) is 22.5 Å². The first-order valence-corrected chi connectivity index (χ1v) is 9.49. The molecule has 0 fully saturated rings. The lowest BCUT2D eigenvalue weighted by Gasteiger charge is -2.06.